The van der Waals surface area contributed by atoms with Gasteiger partial charge in [-0.3, -0.25) is 0 Å². The number of aromatic nitrogens is 2. The number of aryl methyl sites for hydroxylation is 2. The molecular formula is C17H28N4O. The molecule has 122 valence electrons. The van der Waals surface area contributed by atoms with E-state index in [9.17, 15) is 0 Å². The Bertz CT molecular complexity index is 604. The normalized spacial score (nSPS) is 13.0. The lowest BCUT2D eigenvalue weighted by molar-refractivity contribution is 0.295. The first-order valence-electron chi connectivity index (χ1n) is 8.26. The summed E-state index contributed by atoms with van der Waals surface area (Å²) in [5.74, 6) is 1.79. The van der Waals surface area contributed by atoms with E-state index in [1.807, 2.05) is 6.92 Å². The molecule has 1 unspecified atom stereocenters. The number of hydrogen-bond acceptors (Lipinski definition) is 5. The summed E-state index contributed by atoms with van der Waals surface area (Å²) in [7, 11) is 0. The van der Waals surface area contributed by atoms with Crippen molar-refractivity contribution in [3.05, 3.63) is 17.7 Å². The molecular weight excluding hydrogens is 276 g/mol. The van der Waals surface area contributed by atoms with Crippen LogP contribution in [0.15, 0.2) is 10.7 Å². The largest absolute Gasteiger partial charge is 0.443 e. The highest BCUT2D eigenvalue weighted by Crippen LogP contribution is 2.28. The van der Waals surface area contributed by atoms with Crippen LogP contribution in [0, 0.1) is 13.8 Å². The minimum atomic E-state index is 0.378. The molecule has 0 saturated carbocycles. The summed E-state index contributed by atoms with van der Waals surface area (Å²) in [5, 5.41) is 4.53. The molecule has 22 heavy (non-hydrogen) atoms. The van der Waals surface area contributed by atoms with Gasteiger partial charge in [0.05, 0.1) is 5.39 Å². The molecule has 0 saturated heterocycles. The number of nitrogens with one attached hydrogen (secondary N) is 1. The third kappa shape index (κ3) is 3.77. The van der Waals surface area contributed by atoms with Gasteiger partial charge in [-0.25, -0.2) is 9.97 Å². The molecule has 0 radical (unpaired) electrons. The van der Waals surface area contributed by atoms with Crippen molar-refractivity contribution >= 4 is 16.9 Å². The Kier molecular flexibility index (Phi) is 5.77. The smallest absolute Gasteiger partial charge is 0.231 e. The number of fused-ring (bicyclic) bond motifs is 1. The molecule has 0 spiro atoms. The van der Waals surface area contributed by atoms with Crippen LogP contribution in [0.3, 0.4) is 0 Å². The maximum absolute atomic E-state index is 5.66. The third-order valence-electron chi connectivity index (χ3n) is 4.35. The maximum atomic E-state index is 5.66. The Morgan fingerprint density at radius 1 is 1.23 bits per heavy atom. The van der Waals surface area contributed by atoms with E-state index in [-0.39, 0.29) is 0 Å². The molecule has 5 heteroatoms. The van der Waals surface area contributed by atoms with Crippen LogP contribution in [0.1, 0.15) is 44.9 Å². The van der Waals surface area contributed by atoms with E-state index < -0.39 is 0 Å². The quantitative estimate of drug-likeness (QED) is 0.804. The first-order valence-corrected chi connectivity index (χ1v) is 8.26. The highest BCUT2D eigenvalue weighted by Gasteiger charge is 2.15. The number of rotatable bonds is 8. The van der Waals surface area contributed by atoms with Gasteiger partial charge in [-0.1, -0.05) is 13.8 Å². The van der Waals surface area contributed by atoms with Crippen LogP contribution < -0.4 is 5.32 Å². The summed E-state index contributed by atoms with van der Waals surface area (Å²) in [6.45, 7) is 14.1. The predicted molar refractivity (Wildman–Crippen MR) is 91.4 cm³/mol. The minimum Gasteiger partial charge on any atom is -0.443 e. The van der Waals surface area contributed by atoms with E-state index in [4.69, 9.17) is 4.42 Å². The standard InChI is InChI=1S/C17H28N4O/c1-6-21(7-2)10-8-9-12(3)20-16-15-13(4)14(5)22-17(15)19-11-18-16/h11-12H,6-10H2,1-5H3,(H,18,19,20). The number of nitrogens with zero attached hydrogens (tertiary/aromatic N) is 3. The summed E-state index contributed by atoms with van der Waals surface area (Å²) in [6.07, 6.45) is 3.88. The molecule has 2 aromatic heterocycles. The van der Waals surface area contributed by atoms with E-state index >= 15 is 0 Å². The fourth-order valence-electron chi connectivity index (χ4n) is 2.76. The highest BCUT2D eigenvalue weighted by atomic mass is 16.3. The van der Waals surface area contributed by atoms with Gasteiger partial charge in [0.2, 0.25) is 5.71 Å². The van der Waals surface area contributed by atoms with Gasteiger partial charge in [0.15, 0.2) is 0 Å². The summed E-state index contributed by atoms with van der Waals surface area (Å²) >= 11 is 0. The van der Waals surface area contributed by atoms with Crippen molar-refractivity contribution < 1.29 is 4.42 Å². The Hall–Kier alpha value is -1.62. The Morgan fingerprint density at radius 2 is 1.95 bits per heavy atom. The lowest BCUT2D eigenvalue weighted by Crippen LogP contribution is -2.25. The van der Waals surface area contributed by atoms with Crippen LogP contribution in [0.2, 0.25) is 0 Å². The van der Waals surface area contributed by atoms with Crippen LogP contribution in [-0.4, -0.2) is 40.5 Å². The van der Waals surface area contributed by atoms with Gasteiger partial charge in [-0.05, 0) is 53.2 Å². The average Bonchev–Trinajstić information content (AvgIpc) is 2.80. The zero-order chi connectivity index (χ0) is 16.1. The van der Waals surface area contributed by atoms with Crippen molar-refractivity contribution in [3.8, 4) is 0 Å². The molecule has 1 N–H and O–H groups in total. The van der Waals surface area contributed by atoms with Crippen molar-refractivity contribution in [2.24, 2.45) is 0 Å². The first kappa shape index (κ1) is 16.7. The van der Waals surface area contributed by atoms with Crippen LogP contribution in [0.25, 0.3) is 11.1 Å². The molecule has 2 rings (SSSR count). The van der Waals surface area contributed by atoms with E-state index in [2.05, 4.69) is 47.9 Å². The molecule has 2 heterocycles. The average molecular weight is 304 g/mol. The molecule has 0 aliphatic carbocycles. The van der Waals surface area contributed by atoms with Gasteiger partial charge < -0.3 is 14.6 Å². The topological polar surface area (TPSA) is 54.2 Å². The third-order valence-corrected chi connectivity index (χ3v) is 4.35. The van der Waals surface area contributed by atoms with E-state index in [0.29, 0.717) is 11.8 Å². The molecule has 5 nitrogen and oxygen atoms in total. The second-order valence-electron chi connectivity index (χ2n) is 5.90. The molecule has 0 aliphatic heterocycles. The fourth-order valence-corrected chi connectivity index (χ4v) is 2.76. The van der Waals surface area contributed by atoms with Gasteiger partial charge in [0.1, 0.15) is 17.9 Å². The summed E-state index contributed by atoms with van der Waals surface area (Å²) in [4.78, 5) is 11.1. The Morgan fingerprint density at radius 3 is 2.64 bits per heavy atom. The Labute approximate surface area is 133 Å². The van der Waals surface area contributed by atoms with Crippen LogP contribution in [0.4, 0.5) is 5.82 Å². The summed E-state index contributed by atoms with van der Waals surface area (Å²) in [5.41, 5.74) is 1.79. The maximum Gasteiger partial charge on any atom is 0.231 e. The zero-order valence-corrected chi connectivity index (χ0v) is 14.4. The summed E-state index contributed by atoms with van der Waals surface area (Å²) < 4.78 is 5.66. The SMILES string of the molecule is CCN(CC)CCCC(C)Nc1ncnc2oc(C)c(C)c12. The van der Waals surface area contributed by atoms with Crippen molar-refractivity contribution in [1.29, 1.82) is 0 Å². The zero-order valence-electron chi connectivity index (χ0n) is 14.4. The molecule has 0 aliphatic rings. The predicted octanol–water partition coefficient (Wildman–Crippen LogP) is 3.76. The number of furan rings is 1. The van der Waals surface area contributed by atoms with Gasteiger partial charge in [0.25, 0.3) is 0 Å². The number of hydrogen-bond donors (Lipinski definition) is 1. The van der Waals surface area contributed by atoms with Crippen molar-refractivity contribution in [2.45, 2.75) is 53.5 Å². The molecule has 1 atom stereocenters. The van der Waals surface area contributed by atoms with Crippen LogP contribution in [0.5, 0.6) is 0 Å². The lowest BCUT2D eigenvalue weighted by Gasteiger charge is -2.20. The van der Waals surface area contributed by atoms with E-state index in [1.54, 1.807) is 6.33 Å². The van der Waals surface area contributed by atoms with E-state index in [0.717, 1.165) is 48.6 Å². The van der Waals surface area contributed by atoms with Gasteiger partial charge in [-0.2, -0.15) is 0 Å². The summed E-state index contributed by atoms with van der Waals surface area (Å²) in [6, 6.07) is 0.378. The van der Waals surface area contributed by atoms with Crippen LogP contribution >= 0.6 is 0 Å². The Balaban J connectivity index is 1.98. The lowest BCUT2D eigenvalue weighted by atomic mass is 10.1. The molecule has 0 amide bonds. The second-order valence-corrected chi connectivity index (χ2v) is 5.90. The molecule has 0 bridgehead atoms. The fraction of sp³-hybridized carbons (Fsp3) is 0.647. The first-order chi connectivity index (χ1) is 10.6. The highest BCUT2D eigenvalue weighted by molar-refractivity contribution is 5.89. The second kappa shape index (κ2) is 7.58. The molecule has 0 aromatic carbocycles. The molecule has 0 fully saturated rings. The van der Waals surface area contributed by atoms with Crippen molar-refractivity contribution in [1.82, 2.24) is 14.9 Å². The monoisotopic (exact) mass is 304 g/mol. The number of anilines is 1. The molecule has 2 aromatic rings. The van der Waals surface area contributed by atoms with Gasteiger partial charge in [-0.15, -0.1) is 0 Å². The van der Waals surface area contributed by atoms with E-state index in [1.165, 1.54) is 6.42 Å². The minimum absolute atomic E-state index is 0.378. The van der Waals surface area contributed by atoms with Gasteiger partial charge >= 0.3 is 0 Å². The van der Waals surface area contributed by atoms with Crippen molar-refractivity contribution in [3.63, 3.8) is 0 Å². The van der Waals surface area contributed by atoms with Crippen LogP contribution in [-0.2, 0) is 0 Å². The van der Waals surface area contributed by atoms with Gasteiger partial charge in [0, 0.05) is 11.6 Å². The van der Waals surface area contributed by atoms with Crippen molar-refractivity contribution in [2.75, 3.05) is 25.0 Å².